The summed E-state index contributed by atoms with van der Waals surface area (Å²) < 4.78 is 17.1. The summed E-state index contributed by atoms with van der Waals surface area (Å²) in [5.41, 5.74) is 0.234. The van der Waals surface area contributed by atoms with Crippen molar-refractivity contribution < 1.29 is 23.5 Å². The van der Waals surface area contributed by atoms with Crippen molar-refractivity contribution in [3.8, 4) is 0 Å². The zero-order chi connectivity index (χ0) is 23.9. The first-order valence-electron chi connectivity index (χ1n) is 11.0. The van der Waals surface area contributed by atoms with Gasteiger partial charge in [-0.1, -0.05) is 58.0 Å². The Bertz CT molecular complexity index is 707. The van der Waals surface area contributed by atoms with Crippen molar-refractivity contribution in [2.45, 2.75) is 91.3 Å². The maximum absolute atomic E-state index is 12.9. The fraction of sp³-hybridized carbons (Fsp3) is 0.667. The molecule has 1 amide bonds. The number of carbonyl (C=O) groups excluding carboxylic acids is 2. The summed E-state index contributed by atoms with van der Waals surface area (Å²) in [4.78, 5) is 25.2. The van der Waals surface area contributed by atoms with E-state index < -0.39 is 32.0 Å². The van der Waals surface area contributed by atoms with Crippen molar-refractivity contribution in [2.75, 3.05) is 6.61 Å². The van der Waals surface area contributed by atoms with Crippen LogP contribution in [0, 0.1) is 5.92 Å². The third-order valence-electron chi connectivity index (χ3n) is 5.56. The molecule has 0 aliphatic rings. The minimum absolute atomic E-state index is 0.110. The van der Waals surface area contributed by atoms with Crippen LogP contribution in [0.4, 0.5) is 4.79 Å². The Morgan fingerprint density at radius 2 is 1.61 bits per heavy atom. The lowest BCUT2D eigenvalue weighted by molar-refractivity contribution is -0.149. The van der Waals surface area contributed by atoms with Gasteiger partial charge in [0.25, 0.3) is 0 Å². The predicted molar refractivity (Wildman–Crippen MR) is 126 cm³/mol. The van der Waals surface area contributed by atoms with E-state index >= 15 is 0 Å². The number of amides is 1. The van der Waals surface area contributed by atoms with Gasteiger partial charge >= 0.3 is 12.1 Å². The summed E-state index contributed by atoms with van der Waals surface area (Å²) in [7, 11) is -1.88. The first-order valence-corrected chi connectivity index (χ1v) is 13.9. The first-order chi connectivity index (χ1) is 14.1. The monoisotopic (exact) mass is 451 g/mol. The topological polar surface area (TPSA) is 73.9 Å². The van der Waals surface area contributed by atoms with E-state index in [-0.39, 0.29) is 17.6 Å². The van der Waals surface area contributed by atoms with E-state index in [9.17, 15) is 9.59 Å². The summed E-state index contributed by atoms with van der Waals surface area (Å²) in [5.74, 6) is -0.657. The Kier molecular flexibility index (Phi) is 9.76. The van der Waals surface area contributed by atoms with Crippen LogP contribution in [-0.2, 0) is 25.3 Å². The van der Waals surface area contributed by atoms with Crippen LogP contribution in [-0.4, -0.2) is 38.6 Å². The van der Waals surface area contributed by atoms with Crippen LogP contribution in [0.3, 0.4) is 0 Å². The maximum Gasteiger partial charge on any atom is 0.408 e. The Hall–Kier alpha value is -1.86. The Balaban J connectivity index is 2.80. The molecular weight excluding hydrogens is 410 g/mol. The molecule has 176 valence electrons. The molecule has 31 heavy (non-hydrogen) atoms. The molecule has 0 aromatic heterocycles. The molecule has 0 heterocycles. The van der Waals surface area contributed by atoms with Crippen molar-refractivity contribution >= 4 is 20.4 Å². The van der Waals surface area contributed by atoms with E-state index in [4.69, 9.17) is 13.9 Å². The van der Waals surface area contributed by atoms with Crippen molar-refractivity contribution in [1.82, 2.24) is 5.32 Å². The van der Waals surface area contributed by atoms with Gasteiger partial charge in [0.2, 0.25) is 0 Å². The van der Waals surface area contributed by atoms with Crippen LogP contribution >= 0.6 is 0 Å². The van der Waals surface area contributed by atoms with E-state index in [1.54, 1.807) is 20.8 Å². The average molecular weight is 452 g/mol. The largest absolute Gasteiger partial charge is 0.459 e. The molecule has 6 nitrogen and oxygen atoms in total. The zero-order valence-corrected chi connectivity index (χ0v) is 21.7. The lowest BCUT2D eigenvalue weighted by Gasteiger charge is -2.36. The normalized spacial score (nSPS) is 14.5. The molecule has 0 radical (unpaired) electrons. The first kappa shape index (κ1) is 27.2. The molecule has 0 spiro atoms. The summed E-state index contributed by atoms with van der Waals surface area (Å²) >= 11 is 0. The lowest BCUT2D eigenvalue weighted by atomic mass is 9.99. The third-order valence-corrected chi connectivity index (χ3v) is 10.1. The van der Waals surface area contributed by atoms with E-state index in [2.05, 4.69) is 39.2 Å². The van der Waals surface area contributed by atoms with E-state index in [1.165, 1.54) is 0 Å². The second-order valence-electron chi connectivity index (χ2n) is 10.6. The lowest BCUT2D eigenvalue weighted by Crippen LogP contribution is -2.48. The van der Waals surface area contributed by atoms with Crippen LogP contribution < -0.4 is 5.32 Å². The molecule has 0 unspecified atom stereocenters. The van der Waals surface area contributed by atoms with E-state index in [0.29, 0.717) is 13.0 Å². The number of nitrogens with one attached hydrogen (secondary N) is 1. The molecule has 0 bridgehead atoms. The number of hydrogen-bond acceptors (Lipinski definition) is 5. The Morgan fingerprint density at radius 1 is 1.03 bits per heavy atom. The van der Waals surface area contributed by atoms with Gasteiger partial charge < -0.3 is 19.2 Å². The molecular formula is C24H41NO5Si. The predicted octanol–water partition coefficient (Wildman–Crippen LogP) is 5.67. The molecule has 0 saturated carbocycles. The fourth-order valence-corrected chi connectivity index (χ4v) is 3.63. The number of esters is 1. The number of ether oxygens (including phenoxy) is 2. The van der Waals surface area contributed by atoms with Crippen molar-refractivity contribution in [3.05, 3.63) is 35.9 Å². The van der Waals surface area contributed by atoms with E-state index in [0.717, 1.165) is 5.56 Å². The third kappa shape index (κ3) is 9.87. The molecule has 2 atom stereocenters. The Morgan fingerprint density at radius 3 is 2.13 bits per heavy atom. The summed E-state index contributed by atoms with van der Waals surface area (Å²) in [6.07, 6.45) is -0.0146. The van der Waals surface area contributed by atoms with Gasteiger partial charge in [0.1, 0.15) is 18.2 Å². The maximum atomic E-state index is 12.9. The van der Waals surface area contributed by atoms with Gasteiger partial charge in [0, 0.05) is 6.61 Å². The van der Waals surface area contributed by atoms with Gasteiger partial charge in [-0.3, -0.25) is 0 Å². The van der Waals surface area contributed by atoms with Gasteiger partial charge in [-0.25, -0.2) is 9.59 Å². The standard InChI is InChI=1S/C24H41NO5Si/c1-18(15-16-29-31(8,9)24(5,6)7)20(25-22(27)30-23(2,3)4)21(26)28-17-19-13-11-10-12-14-19/h10-14,18,20H,15-17H2,1-9H3,(H,25,27)/t18-,20-/m0/s1. The number of benzene rings is 1. The average Bonchev–Trinajstić information content (AvgIpc) is 2.62. The van der Waals surface area contributed by atoms with Crippen LogP contribution in [0.1, 0.15) is 60.5 Å². The highest BCUT2D eigenvalue weighted by Gasteiger charge is 2.37. The second kappa shape index (κ2) is 11.1. The molecule has 0 fully saturated rings. The summed E-state index contributed by atoms with van der Waals surface area (Å²) in [6.45, 7) is 18.9. The highest BCUT2D eigenvalue weighted by molar-refractivity contribution is 6.74. The number of carbonyl (C=O) groups is 2. The minimum Gasteiger partial charge on any atom is -0.459 e. The van der Waals surface area contributed by atoms with Crippen LogP contribution in [0.15, 0.2) is 30.3 Å². The van der Waals surface area contributed by atoms with Gasteiger partial charge in [-0.05, 0) is 56.8 Å². The highest BCUT2D eigenvalue weighted by Crippen LogP contribution is 2.36. The second-order valence-corrected chi connectivity index (χ2v) is 15.4. The minimum atomic E-state index is -1.88. The van der Waals surface area contributed by atoms with E-state index in [1.807, 2.05) is 37.3 Å². The molecule has 1 aromatic carbocycles. The SMILES string of the molecule is C[C@@H](CCO[Si](C)(C)C(C)(C)C)[C@H](NC(=O)OC(C)(C)C)C(=O)OCc1ccccc1. The highest BCUT2D eigenvalue weighted by atomic mass is 28.4. The molecule has 0 aliphatic carbocycles. The molecule has 7 heteroatoms. The fourth-order valence-electron chi connectivity index (χ4n) is 2.57. The number of hydrogen-bond donors (Lipinski definition) is 1. The van der Waals surface area contributed by atoms with Gasteiger partial charge in [-0.2, -0.15) is 0 Å². The van der Waals surface area contributed by atoms with Crippen molar-refractivity contribution in [3.63, 3.8) is 0 Å². The summed E-state index contributed by atoms with van der Waals surface area (Å²) in [5, 5.41) is 2.82. The Labute approximate surface area is 189 Å². The van der Waals surface area contributed by atoms with Crippen LogP contribution in [0.5, 0.6) is 0 Å². The molecule has 0 saturated heterocycles. The molecule has 1 N–H and O–H groups in total. The molecule has 0 aliphatic heterocycles. The molecule has 1 rings (SSSR count). The van der Waals surface area contributed by atoms with Gasteiger partial charge in [0.05, 0.1) is 0 Å². The van der Waals surface area contributed by atoms with Gasteiger partial charge in [0.15, 0.2) is 8.32 Å². The van der Waals surface area contributed by atoms with Crippen LogP contribution in [0.2, 0.25) is 18.1 Å². The zero-order valence-electron chi connectivity index (χ0n) is 20.7. The van der Waals surface area contributed by atoms with Gasteiger partial charge in [-0.15, -0.1) is 0 Å². The molecule has 1 aromatic rings. The smallest absolute Gasteiger partial charge is 0.408 e. The number of rotatable bonds is 9. The van der Waals surface area contributed by atoms with Crippen LogP contribution in [0.25, 0.3) is 0 Å². The van der Waals surface area contributed by atoms with Crippen molar-refractivity contribution in [1.29, 1.82) is 0 Å². The quantitative estimate of drug-likeness (QED) is 0.387. The summed E-state index contributed by atoms with van der Waals surface area (Å²) in [6, 6.07) is 8.64. The van der Waals surface area contributed by atoms with Crippen molar-refractivity contribution in [2.24, 2.45) is 5.92 Å². The number of alkyl carbamates (subject to hydrolysis) is 1.